The van der Waals surface area contributed by atoms with Crippen LogP contribution in [0.3, 0.4) is 0 Å². The predicted molar refractivity (Wildman–Crippen MR) is 53.2 cm³/mol. The van der Waals surface area contributed by atoms with Gasteiger partial charge in [0, 0.05) is 6.07 Å². The summed E-state index contributed by atoms with van der Waals surface area (Å²) in [5.41, 5.74) is -0.209. The number of carbonyl (C=O) groups is 1. The number of esters is 1. The number of carbonyl (C=O) groups excluding carboxylic acids is 1. The molecule has 1 aromatic carbocycles. The first kappa shape index (κ1) is 11.3. The predicted octanol–water partition coefficient (Wildman–Crippen LogP) is 2.41. The van der Waals surface area contributed by atoms with Crippen molar-refractivity contribution in [1.82, 2.24) is 5.16 Å². The number of methoxy groups -OCH3 is 1. The Morgan fingerprint density at radius 1 is 1.35 bits per heavy atom. The molecule has 0 atom stereocenters. The van der Waals surface area contributed by atoms with Gasteiger partial charge in [0.1, 0.15) is 11.6 Å². The van der Waals surface area contributed by atoms with Crippen LogP contribution in [-0.4, -0.2) is 18.2 Å². The molecule has 1 aromatic heterocycles. The lowest BCUT2D eigenvalue weighted by molar-refractivity contribution is 0.0589. The molecule has 0 aliphatic rings. The molecule has 1 heterocycles. The molecular weight excluding hydrogens is 232 g/mol. The molecule has 0 N–H and O–H groups in total. The summed E-state index contributed by atoms with van der Waals surface area (Å²) < 4.78 is 35.5. The molecule has 0 radical (unpaired) electrons. The van der Waals surface area contributed by atoms with Gasteiger partial charge in [-0.1, -0.05) is 5.16 Å². The quantitative estimate of drug-likeness (QED) is 0.755. The molecule has 4 nitrogen and oxygen atoms in total. The second-order valence-electron chi connectivity index (χ2n) is 3.19. The fraction of sp³-hybridized carbons (Fsp3) is 0.0909. The van der Waals surface area contributed by atoms with E-state index in [0.717, 1.165) is 18.2 Å². The van der Waals surface area contributed by atoms with Crippen molar-refractivity contribution in [3.05, 3.63) is 41.6 Å². The highest BCUT2D eigenvalue weighted by molar-refractivity contribution is 5.88. The van der Waals surface area contributed by atoms with Crippen molar-refractivity contribution in [3.63, 3.8) is 0 Å². The number of benzene rings is 1. The zero-order valence-corrected chi connectivity index (χ0v) is 8.74. The number of rotatable bonds is 2. The van der Waals surface area contributed by atoms with E-state index in [-0.39, 0.29) is 17.0 Å². The third-order valence-corrected chi connectivity index (χ3v) is 2.10. The van der Waals surface area contributed by atoms with Gasteiger partial charge in [0.15, 0.2) is 11.5 Å². The number of hydrogen-bond donors (Lipinski definition) is 0. The minimum Gasteiger partial charge on any atom is -0.464 e. The maximum atomic E-state index is 13.4. The molecule has 0 amide bonds. The first-order valence-corrected chi connectivity index (χ1v) is 4.62. The topological polar surface area (TPSA) is 52.3 Å². The Morgan fingerprint density at radius 3 is 2.82 bits per heavy atom. The highest BCUT2D eigenvalue weighted by Crippen LogP contribution is 2.24. The average molecular weight is 239 g/mol. The van der Waals surface area contributed by atoms with Crippen LogP contribution < -0.4 is 0 Å². The third kappa shape index (κ3) is 2.15. The van der Waals surface area contributed by atoms with Crippen molar-refractivity contribution in [2.45, 2.75) is 0 Å². The zero-order chi connectivity index (χ0) is 12.4. The van der Waals surface area contributed by atoms with E-state index >= 15 is 0 Å². The largest absolute Gasteiger partial charge is 0.464 e. The van der Waals surface area contributed by atoms with Gasteiger partial charge in [0.2, 0.25) is 0 Å². The van der Waals surface area contributed by atoms with Crippen LogP contribution >= 0.6 is 0 Å². The third-order valence-electron chi connectivity index (χ3n) is 2.10. The smallest absolute Gasteiger partial charge is 0.360 e. The fourth-order valence-corrected chi connectivity index (χ4v) is 1.29. The van der Waals surface area contributed by atoms with E-state index < -0.39 is 17.6 Å². The van der Waals surface area contributed by atoms with Crippen LogP contribution in [0, 0.1) is 11.6 Å². The first-order valence-electron chi connectivity index (χ1n) is 4.62. The Balaban J connectivity index is 2.43. The molecule has 88 valence electrons. The Hall–Kier alpha value is -2.24. The van der Waals surface area contributed by atoms with Crippen LogP contribution in [-0.2, 0) is 4.74 Å². The van der Waals surface area contributed by atoms with Gasteiger partial charge < -0.3 is 9.26 Å². The summed E-state index contributed by atoms with van der Waals surface area (Å²) in [6, 6.07) is 4.09. The van der Waals surface area contributed by atoms with Gasteiger partial charge in [0.25, 0.3) is 0 Å². The Labute approximate surface area is 94.8 Å². The van der Waals surface area contributed by atoms with Crippen molar-refractivity contribution in [2.24, 2.45) is 0 Å². The lowest BCUT2D eigenvalue weighted by atomic mass is 10.1. The molecule has 0 aliphatic carbocycles. The van der Waals surface area contributed by atoms with Gasteiger partial charge >= 0.3 is 5.97 Å². The summed E-state index contributed by atoms with van der Waals surface area (Å²) in [6.45, 7) is 0. The molecule has 6 heteroatoms. The average Bonchev–Trinajstić information content (AvgIpc) is 2.80. The fourth-order valence-electron chi connectivity index (χ4n) is 1.29. The molecule has 2 aromatic rings. The molecule has 0 saturated carbocycles. The summed E-state index contributed by atoms with van der Waals surface area (Å²) in [5, 5.41) is 3.40. The van der Waals surface area contributed by atoms with Crippen molar-refractivity contribution in [1.29, 1.82) is 0 Å². The summed E-state index contributed by atoms with van der Waals surface area (Å²) in [4.78, 5) is 11.1. The maximum absolute atomic E-state index is 13.4. The van der Waals surface area contributed by atoms with E-state index in [1.54, 1.807) is 0 Å². The number of aromatic nitrogens is 1. The summed E-state index contributed by atoms with van der Waals surface area (Å²) in [7, 11) is 1.18. The second kappa shape index (κ2) is 4.32. The van der Waals surface area contributed by atoms with Crippen molar-refractivity contribution in [3.8, 4) is 11.3 Å². The minimum absolute atomic E-state index is 0.0394. The number of ether oxygens (including phenoxy) is 1. The Bertz CT molecular complexity index is 566. The SMILES string of the molecule is COC(=O)c1cc(-c2cc(F)ccc2F)on1. The van der Waals surface area contributed by atoms with Crippen LogP contribution in [0.1, 0.15) is 10.5 Å². The summed E-state index contributed by atoms with van der Waals surface area (Å²) in [5.74, 6) is -2.03. The van der Waals surface area contributed by atoms with Gasteiger partial charge in [-0.05, 0) is 18.2 Å². The lowest BCUT2D eigenvalue weighted by Gasteiger charge is -1.97. The monoisotopic (exact) mass is 239 g/mol. The highest BCUT2D eigenvalue weighted by Gasteiger charge is 2.16. The van der Waals surface area contributed by atoms with Crippen LogP contribution in [0.25, 0.3) is 11.3 Å². The van der Waals surface area contributed by atoms with Gasteiger partial charge in [0.05, 0.1) is 12.7 Å². The number of hydrogen-bond acceptors (Lipinski definition) is 4. The summed E-state index contributed by atoms with van der Waals surface area (Å²) >= 11 is 0. The molecule has 2 rings (SSSR count). The van der Waals surface area contributed by atoms with Crippen LogP contribution in [0.5, 0.6) is 0 Å². The van der Waals surface area contributed by atoms with E-state index in [0.29, 0.717) is 0 Å². The van der Waals surface area contributed by atoms with Crippen LogP contribution in [0.2, 0.25) is 0 Å². The Morgan fingerprint density at radius 2 is 2.12 bits per heavy atom. The van der Waals surface area contributed by atoms with Gasteiger partial charge in [-0.2, -0.15) is 0 Å². The molecule has 0 bridgehead atoms. The molecule has 0 unspecified atom stereocenters. The van der Waals surface area contributed by atoms with Gasteiger partial charge in [-0.25, -0.2) is 13.6 Å². The van der Waals surface area contributed by atoms with Crippen LogP contribution in [0.4, 0.5) is 8.78 Å². The van der Waals surface area contributed by atoms with Crippen LogP contribution in [0.15, 0.2) is 28.8 Å². The van der Waals surface area contributed by atoms with E-state index in [2.05, 4.69) is 9.89 Å². The van der Waals surface area contributed by atoms with Gasteiger partial charge in [-0.15, -0.1) is 0 Å². The normalized spacial score (nSPS) is 10.3. The van der Waals surface area contributed by atoms with E-state index in [1.807, 2.05) is 0 Å². The highest BCUT2D eigenvalue weighted by atomic mass is 19.1. The molecule has 0 spiro atoms. The molecule has 0 aliphatic heterocycles. The summed E-state index contributed by atoms with van der Waals surface area (Å²) in [6.07, 6.45) is 0. The molecule has 0 fully saturated rings. The minimum atomic E-state index is -0.711. The lowest BCUT2D eigenvalue weighted by Crippen LogP contribution is -2.00. The first-order chi connectivity index (χ1) is 8.11. The number of halogens is 2. The van der Waals surface area contributed by atoms with Crippen molar-refractivity contribution < 1.29 is 22.8 Å². The zero-order valence-electron chi connectivity index (χ0n) is 8.74. The molecule has 17 heavy (non-hydrogen) atoms. The molecular formula is C11H7F2NO3. The Kier molecular flexibility index (Phi) is 2.86. The second-order valence-corrected chi connectivity index (χ2v) is 3.19. The van der Waals surface area contributed by atoms with E-state index in [4.69, 9.17) is 4.52 Å². The van der Waals surface area contributed by atoms with Gasteiger partial charge in [-0.3, -0.25) is 0 Å². The molecule has 0 saturated heterocycles. The van der Waals surface area contributed by atoms with Crippen molar-refractivity contribution in [2.75, 3.05) is 7.11 Å². The van der Waals surface area contributed by atoms with E-state index in [9.17, 15) is 13.6 Å². The van der Waals surface area contributed by atoms with E-state index in [1.165, 1.54) is 13.2 Å². The maximum Gasteiger partial charge on any atom is 0.360 e. The van der Waals surface area contributed by atoms with Crippen molar-refractivity contribution >= 4 is 5.97 Å². The number of nitrogens with zero attached hydrogens (tertiary/aromatic N) is 1. The standard InChI is InChI=1S/C11H7F2NO3/c1-16-11(15)9-5-10(17-14-9)7-4-6(12)2-3-8(7)13/h2-5H,1H3.